The smallest absolute Gasteiger partial charge is 0.305 e. The molecule has 0 bridgehead atoms. The van der Waals surface area contributed by atoms with Gasteiger partial charge in [-0.1, -0.05) is 40.5 Å². The summed E-state index contributed by atoms with van der Waals surface area (Å²) in [5.74, 6) is 0.802. The molecule has 12 heteroatoms. The molecule has 0 radical (unpaired) electrons. The van der Waals surface area contributed by atoms with Gasteiger partial charge in [-0.05, 0) is 70.7 Å². The van der Waals surface area contributed by atoms with Crippen LogP contribution in [0.4, 0.5) is 0 Å². The number of benzene rings is 1. The molecule has 0 aliphatic carbocycles. The maximum Gasteiger partial charge on any atom is 0.305 e. The van der Waals surface area contributed by atoms with E-state index in [9.17, 15) is 24.0 Å². The van der Waals surface area contributed by atoms with Crippen molar-refractivity contribution in [2.75, 3.05) is 42.2 Å². The lowest BCUT2D eigenvalue weighted by Crippen LogP contribution is -2.17. The standard InChI is InChI=1S/C14H17NO3.C13H24O4.C11H20O4.2CH4/c1-11(16)9-14(17-2)7-8-18-13-5-3-12(10-15)4-6-13;1-11(14)10-12(16-2)8-6-4-5-7-9-13(15)17-3;1-9(12)8-10(14-2)6-4-5-7-11(13)15-3;;/h3-6,14H,7-9H2,1-2H3;12H,4-10H2,1-3H3;10H,4-8H2,1-3H3;2*1H4. The molecule has 12 nitrogen and oxygen atoms in total. The number of carbonyl (C=O) groups excluding carboxylic acids is 5. The van der Waals surface area contributed by atoms with Gasteiger partial charge in [0.05, 0.1) is 50.8 Å². The predicted molar refractivity (Wildman–Crippen MR) is 203 cm³/mol. The van der Waals surface area contributed by atoms with Crippen molar-refractivity contribution in [2.45, 2.75) is 144 Å². The van der Waals surface area contributed by atoms with Crippen molar-refractivity contribution in [1.82, 2.24) is 0 Å². The van der Waals surface area contributed by atoms with Crippen molar-refractivity contribution in [1.29, 1.82) is 5.26 Å². The molecule has 0 saturated carbocycles. The summed E-state index contributed by atoms with van der Waals surface area (Å²) in [5.41, 5.74) is 0.605. The van der Waals surface area contributed by atoms with Crippen molar-refractivity contribution in [3.63, 3.8) is 0 Å². The summed E-state index contributed by atoms with van der Waals surface area (Å²) in [5, 5.41) is 8.65. The monoisotopic (exact) mass is 739 g/mol. The van der Waals surface area contributed by atoms with Gasteiger partial charge in [0.1, 0.15) is 23.1 Å². The first-order valence-corrected chi connectivity index (χ1v) is 17.2. The molecule has 0 aliphatic rings. The van der Waals surface area contributed by atoms with Gasteiger partial charge < -0.3 is 28.4 Å². The Morgan fingerprint density at radius 1 is 0.577 bits per heavy atom. The Labute approximate surface area is 314 Å². The van der Waals surface area contributed by atoms with Crippen LogP contribution >= 0.6 is 0 Å². The van der Waals surface area contributed by atoms with Gasteiger partial charge in [0.15, 0.2) is 0 Å². The molecule has 0 heterocycles. The van der Waals surface area contributed by atoms with Gasteiger partial charge in [0.2, 0.25) is 0 Å². The van der Waals surface area contributed by atoms with Crippen LogP contribution in [-0.4, -0.2) is 89.8 Å². The minimum absolute atomic E-state index is 0. The topological polar surface area (TPSA) is 165 Å². The third-order valence-corrected chi connectivity index (χ3v) is 7.51. The van der Waals surface area contributed by atoms with Crippen molar-refractivity contribution in [3.05, 3.63) is 29.8 Å². The number of hydrogen-bond acceptors (Lipinski definition) is 12. The summed E-state index contributed by atoms with van der Waals surface area (Å²) in [4.78, 5) is 54.4. The summed E-state index contributed by atoms with van der Waals surface area (Å²) in [7, 11) is 7.64. The van der Waals surface area contributed by atoms with Crippen molar-refractivity contribution >= 4 is 29.3 Å². The van der Waals surface area contributed by atoms with Crippen LogP contribution in [-0.2, 0) is 47.7 Å². The van der Waals surface area contributed by atoms with E-state index in [0.717, 1.165) is 51.4 Å². The molecule has 0 aliphatic heterocycles. The molecular formula is C40H69NO11. The van der Waals surface area contributed by atoms with Crippen LogP contribution in [0.25, 0.3) is 0 Å². The average Bonchev–Trinajstić information content (AvgIpc) is 3.09. The first-order chi connectivity index (χ1) is 23.8. The number of Topliss-reactive ketones (excluding diaryl/α,β-unsaturated/α-hetero) is 3. The summed E-state index contributed by atoms with van der Waals surface area (Å²) >= 11 is 0. The third-order valence-electron chi connectivity index (χ3n) is 7.51. The van der Waals surface area contributed by atoms with Crippen LogP contribution < -0.4 is 4.74 Å². The molecule has 0 aromatic heterocycles. The van der Waals surface area contributed by atoms with Crippen LogP contribution in [0.3, 0.4) is 0 Å². The fourth-order valence-corrected chi connectivity index (χ4v) is 4.65. The molecular weight excluding hydrogens is 670 g/mol. The normalized spacial score (nSPS) is 11.5. The maximum atomic E-state index is 11.0. The number of nitriles is 1. The lowest BCUT2D eigenvalue weighted by Gasteiger charge is -2.14. The fourth-order valence-electron chi connectivity index (χ4n) is 4.65. The minimum Gasteiger partial charge on any atom is -0.493 e. The van der Waals surface area contributed by atoms with Crippen LogP contribution in [0.2, 0.25) is 0 Å². The van der Waals surface area contributed by atoms with E-state index in [2.05, 4.69) is 9.47 Å². The molecule has 0 N–H and O–H groups in total. The predicted octanol–water partition coefficient (Wildman–Crippen LogP) is 7.80. The number of hydrogen-bond donors (Lipinski definition) is 0. The lowest BCUT2D eigenvalue weighted by atomic mass is 10.0. The second-order valence-electron chi connectivity index (χ2n) is 11.9. The Morgan fingerprint density at radius 2 is 0.942 bits per heavy atom. The SMILES string of the molecule is C.C.COC(=O)CCCCC(CC(C)=O)OC.COC(=O)CCCCCCC(CC(C)=O)OC.COC(CCOc1ccc(C#N)cc1)CC(C)=O. The maximum absolute atomic E-state index is 11.0. The van der Waals surface area contributed by atoms with Gasteiger partial charge in [0, 0.05) is 59.9 Å². The highest BCUT2D eigenvalue weighted by Gasteiger charge is 2.12. The Hall–Kier alpha value is -3.66. The highest BCUT2D eigenvalue weighted by molar-refractivity contribution is 5.76. The van der Waals surface area contributed by atoms with Gasteiger partial charge >= 0.3 is 11.9 Å². The number of ketones is 3. The number of rotatable bonds is 25. The van der Waals surface area contributed by atoms with Gasteiger partial charge in [-0.3, -0.25) is 24.0 Å². The summed E-state index contributed by atoms with van der Waals surface area (Å²) in [6.45, 7) is 5.17. The Balaban J connectivity index is -0.000000328. The minimum atomic E-state index is -0.185. The van der Waals surface area contributed by atoms with Gasteiger partial charge in [-0.25, -0.2) is 0 Å². The van der Waals surface area contributed by atoms with Crippen LogP contribution in [0.1, 0.15) is 131 Å². The zero-order chi connectivity index (χ0) is 38.2. The Kier molecular flexibility index (Phi) is 39.3. The first kappa shape index (κ1) is 55.1. The lowest BCUT2D eigenvalue weighted by molar-refractivity contribution is -0.141. The zero-order valence-electron chi connectivity index (χ0n) is 31.6. The zero-order valence-corrected chi connectivity index (χ0v) is 31.6. The molecule has 1 aromatic rings. The first-order valence-electron chi connectivity index (χ1n) is 17.2. The van der Waals surface area contributed by atoms with Crippen LogP contribution in [0.5, 0.6) is 5.75 Å². The molecule has 3 unspecified atom stereocenters. The van der Waals surface area contributed by atoms with Gasteiger partial charge in [0.25, 0.3) is 0 Å². The highest BCUT2D eigenvalue weighted by atomic mass is 16.5. The van der Waals surface area contributed by atoms with E-state index in [4.69, 9.17) is 24.2 Å². The molecule has 52 heavy (non-hydrogen) atoms. The number of ether oxygens (including phenoxy) is 6. The van der Waals surface area contributed by atoms with E-state index in [-0.39, 0.29) is 62.5 Å². The van der Waals surface area contributed by atoms with Crippen molar-refractivity contribution in [3.8, 4) is 11.8 Å². The van der Waals surface area contributed by atoms with Gasteiger partial charge in [-0.15, -0.1) is 0 Å². The van der Waals surface area contributed by atoms with Crippen molar-refractivity contribution in [2.24, 2.45) is 0 Å². The quantitative estimate of drug-likeness (QED) is 0.0707. The summed E-state index contributed by atoms with van der Waals surface area (Å²) in [6.07, 6.45) is 10.3. The molecule has 0 amide bonds. The van der Waals surface area contributed by atoms with Crippen LogP contribution in [0.15, 0.2) is 24.3 Å². The molecule has 1 rings (SSSR count). The molecule has 0 saturated heterocycles. The van der Waals surface area contributed by atoms with Crippen LogP contribution in [0, 0.1) is 11.3 Å². The number of carbonyl (C=O) groups is 5. The van der Waals surface area contributed by atoms with E-state index in [1.165, 1.54) is 14.2 Å². The number of esters is 2. The molecule has 0 fully saturated rings. The Bertz CT molecular complexity index is 1120. The van der Waals surface area contributed by atoms with E-state index in [1.54, 1.807) is 66.4 Å². The average molecular weight is 740 g/mol. The summed E-state index contributed by atoms with van der Waals surface area (Å²) in [6, 6.07) is 8.97. The molecule has 0 spiro atoms. The highest BCUT2D eigenvalue weighted by Crippen LogP contribution is 2.14. The van der Waals surface area contributed by atoms with E-state index < -0.39 is 0 Å². The Morgan fingerprint density at radius 3 is 1.31 bits per heavy atom. The fraction of sp³-hybridized carbons (Fsp3) is 0.700. The molecule has 3 atom stereocenters. The largest absolute Gasteiger partial charge is 0.493 e. The second kappa shape index (κ2) is 37.1. The summed E-state index contributed by atoms with van der Waals surface area (Å²) < 4.78 is 30.2. The molecule has 1 aromatic carbocycles. The van der Waals surface area contributed by atoms with Crippen molar-refractivity contribution < 1.29 is 52.4 Å². The van der Waals surface area contributed by atoms with E-state index in [1.807, 2.05) is 6.07 Å². The van der Waals surface area contributed by atoms with E-state index >= 15 is 0 Å². The third kappa shape index (κ3) is 34.8. The van der Waals surface area contributed by atoms with Gasteiger partial charge in [-0.2, -0.15) is 5.26 Å². The number of methoxy groups -OCH3 is 5. The second-order valence-corrected chi connectivity index (χ2v) is 11.9. The number of nitrogens with zero attached hydrogens (tertiary/aromatic N) is 1. The number of unbranched alkanes of at least 4 members (excludes halogenated alkanes) is 4. The molecule has 300 valence electrons. The van der Waals surface area contributed by atoms with E-state index in [0.29, 0.717) is 56.4 Å².